The number of ether oxygens (including phenoxy) is 1. The molecule has 0 aliphatic carbocycles. The number of hydrogen-bond donors (Lipinski definition) is 1. The van der Waals surface area contributed by atoms with E-state index in [1.54, 1.807) is 24.3 Å². The molecule has 2 aliphatic rings. The van der Waals surface area contributed by atoms with Gasteiger partial charge in [0, 0.05) is 25.2 Å². The van der Waals surface area contributed by atoms with Crippen molar-refractivity contribution in [3.63, 3.8) is 0 Å². The predicted molar refractivity (Wildman–Crippen MR) is 177 cm³/mol. The van der Waals surface area contributed by atoms with Crippen molar-refractivity contribution in [1.82, 2.24) is 14.8 Å². The summed E-state index contributed by atoms with van der Waals surface area (Å²) >= 11 is 0. The van der Waals surface area contributed by atoms with E-state index >= 15 is 0 Å². The maximum Gasteiger partial charge on any atom is 0.411 e. The lowest BCUT2D eigenvalue weighted by Gasteiger charge is -2.32. The van der Waals surface area contributed by atoms with Gasteiger partial charge in [-0.25, -0.2) is 4.79 Å². The van der Waals surface area contributed by atoms with Crippen LogP contribution in [-0.4, -0.2) is 83.6 Å². The van der Waals surface area contributed by atoms with Crippen LogP contribution in [0.2, 0.25) is 0 Å². The van der Waals surface area contributed by atoms with Crippen LogP contribution in [0.1, 0.15) is 44.9 Å². The van der Waals surface area contributed by atoms with Gasteiger partial charge in [0.2, 0.25) is 0 Å². The van der Waals surface area contributed by atoms with E-state index in [1.165, 1.54) is 4.90 Å². The molecule has 3 heterocycles. The van der Waals surface area contributed by atoms with Gasteiger partial charge in [-0.15, -0.1) is 0 Å². The number of amides is 3. The molecule has 1 saturated heterocycles. The molecule has 0 atom stereocenters. The maximum atomic E-state index is 12.8. The molecule has 0 bridgehead atoms. The average molecular weight is 619 g/mol. The van der Waals surface area contributed by atoms with Gasteiger partial charge in [0.15, 0.2) is 0 Å². The minimum Gasteiger partial charge on any atom is -0.446 e. The molecule has 9 nitrogen and oxygen atoms in total. The Morgan fingerprint density at radius 2 is 1.41 bits per heavy atom. The van der Waals surface area contributed by atoms with Crippen molar-refractivity contribution in [1.29, 1.82) is 0 Å². The highest BCUT2D eigenvalue weighted by Gasteiger charge is 2.36. The van der Waals surface area contributed by atoms with Crippen LogP contribution in [0.25, 0.3) is 11.1 Å². The number of carbonyl (C=O) groups is 3. The van der Waals surface area contributed by atoms with Crippen molar-refractivity contribution in [2.45, 2.75) is 32.0 Å². The van der Waals surface area contributed by atoms with E-state index in [0.29, 0.717) is 35.2 Å². The van der Waals surface area contributed by atoms with Crippen LogP contribution in [0.15, 0.2) is 97.1 Å². The fourth-order valence-electron chi connectivity index (χ4n) is 6.20. The number of anilines is 1. The van der Waals surface area contributed by atoms with E-state index in [-0.39, 0.29) is 17.9 Å². The van der Waals surface area contributed by atoms with E-state index in [4.69, 9.17) is 9.72 Å². The van der Waals surface area contributed by atoms with Crippen LogP contribution in [0.5, 0.6) is 0 Å². The Hall–Kier alpha value is -4.86. The molecular weight excluding hydrogens is 578 g/mol. The lowest BCUT2D eigenvalue weighted by atomic mass is 10.0. The van der Waals surface area contributed by atoms with Gasteiger partial charge in [-0.2, -0.15) is 0 Å². The summed E-state index contributed by atoms with van der Waals surface area (Å²) in [5, 5.41) is 2.94. The molecule has 46 heavy (non-hydrogen) atoms. The normalized spacial score (nSPS) is 15.6. The predicted octanol–water partition coefficient (Wildman–Crippen LogP) is 5.83. The lowest BCUT2D eigenvalue weighted by molar-refractivity contribution is -0.903. The van der Waals surface area contributed by atoms with Gasteiger partial charge in [0.05, 0.1) is 55.4 Å². The number of benzene rings is 3. The van der Waals surface area contributed by atoms with E-state index in [1.807, 2.05) is 72.8 Å². The fourth-order valence-corrected chi connectivity index (χ4v) is 6.20. The number of nitrogens with zero attached hydrogens (tertiary/aromatic N) is 4. The van der Waals surface area contributed by atoms with Gasteiger partial charge in [0.1, 0.15) is 12.6 Å². The largest absolute Gasteiger partial charge is 0.446 e. The SMILES string of the molecule is C[N+](C)(CCN1C(=O)c2ccccc2C1=O)Cc1cccc(CN2CCC(OC(=O)Nc3ccccc3-c3ccccc3)CC2)n1. The van der Waals surface area contributed by atoms with Gasteiger partial charge in [-0.1, -0.05) is 66.7 Å². The molecule has 1 N–H and O–H groups in total. The molecular formula is C37H40N5O4+. The summed E-state index contributed by atoms with van der Waals surface area (Å²) in [6, 6.07) is 30.8. The standard InChI is InChI=1S/C37H39N5O4/c1-42(2,24-23-41-35(43)32-16-6-7-17-33(32)36(41)44)26-29-14-10-13-28(38-29)25-40-21-19-30(20-22-40)46-37(45)39-34-18-9-8-15-31(34)27-11-4-3-5-12-27/h3-18,30H,19-26H2,1-2H3/p+1. The molecule has 3 aromatic carbocycles. The van der Waals surface area contributed by atoms with Crippen molar-refractivity contribution in [3.8, 4) is 11.1 Å². The monoisotopic (exact) mass is 618 g/mol. The second-order valence-corrected chi connectivity index (χ2v) is 12.7. The summed E-state index contributed by atoms with van der Waals surface area (Å²) in [4.78, 5) is 47.0. The Morgan fingerprint density at radius 1 is 0.804 bits per heavy atom. The smallest absolute Gasteiger partial charge is 0.411 e. The van der Waals surface area contributed by atoms with E-state index in [2.05, 4.69) is 24.3 Å². The van der Waals surface area contributed by atoms with E-state index < -0.39 is 6.09 Å². The van der Waals surface area contributed by atoms with Crippen molar-refractivity contribution >= 4 is 23.6 Å². The first-order valence-corrected chi connectivity index (χ1v) is 15.8. The number of likely N-dealkylation sites (N-methyl/N-ethyl adjacent to an activating group) is 1. The third kappa shape index (κ3) is 7.33. The first-order chi connectivity index (χ1) is 22.3. The number of nitrogens with one attached hydrogen (secondary N) is 1. The summed E-state index contributed by atoms with van der Waals surface area (Å²) in [5.74, 6) is -0.437. The first kappa shape index (κ1) is 31.1. The van der Waals surface area contributed by atoms with Crippen LogP contribution in [-0.2, 0) is 17.8 Å². The summed E-state index contributed by atoms with van der Waals surface area (Å²) in [7, 11) is 4.18. The topological polar surface area (TPSA) is 91.8 Å². The summed E-state index contributed by atoms with van der Waals surface area (Å²) in [6.07, 6.45) is 0.948. The molecule has 4 aromatic rings. The number of piperidine rings is 1. The zero-order valence-electron chi connectivity index (χ0n) is 26.4. The van der Waals surface area contributed by atoms with Gasteiger partial charge in [0.25, 0.3) is 11.8 Å². The first-order valence-electron chi connectivity index (χ1n) is 15.8. The Morgan fingerprint density at radius 3 is 2.11 bits per heavy atom. The highest BCUT2D eigenvalue weighted by molar-refractivity contribution is 6.21. The van der Waals surface area contributed by atoms with Crippen molar-refractivity contribution in [2.75, 3.05) is 45.6 Å². The number of fused-ring (bicyclic) bond motifs is 1. The second-order valence-electron chi connectivity index (χ2n) is 12.7. The molecule has 3 amide bonds. The summed E-state index contributed by atoms with van der Waals surface area (Å²) in [5.41, 5.74) is 5.64. The highest BCUT2D eigenvalue weighted by atomic mass is 16.6. The number of aromatic nitrogens is 1. The maximum absolute atomic E-state index is 12.8. The minimum atomic E-state index is -0.431. The van der Waals surface area contributed by atoms with Crippen molar-refractivity contribution < 1.29 is 23.6 Å². The number of hydrogen-bond acceptors (Lipinski definition) is 6. The molecule has 9 heteroatoms. The molecule has 0 spiro atoms. The second kappa shape index (κ2) is 13.6. The Kier molecular flexibility index (Phi) is 9.23. The third-order valence-corrected chi connectivity index (χ3v) is 8.70. The number of para-hydroxylation sites is 1. The van der Waals surface area contributed by atoms with E-state index in [0.717, 1.165) is 60.7 Å². The Balaban J connectivity index is 0.968. The van der Waals surface area contributed by atoms with E-state index in [9.17, 15) is 14.4 Å². The Labute approximate surface area is 270 Å². The average Bonchev–Trinajstić information content (AvgIpc) is 3.30. The zero-order chi connectivity index (χ0) is 32.1. The lowest BCUT2D eigenvalue weighted by Crippen LogP contribution is -2.46. The minimum absolute atomic E-state index is 0.139. The number of carbonyl (C=O) groups excluding carboxylic acids is 3. The number of imide groups is 1. The van der Waals surface area contributed by atoms with Crippen LogP contribution >= 0.6 is 0 Å². The van der Waals surface area contributed by atoms with Crippen LogP contribution in [0.3, 0.4) is 0 Å². The van der Waals surface area contributed by atoms with Crippen molar-refractivity contribution in [3.05, 3.63) is 120 Å². The molecule has 6 rings (SSSR count). The molecule has 0 unspecified atom stereocenters. The summed E-state index contributed by atoms with van der Waals surface area (Å²) < 4.78 is 6.40. The Bertz CT molecular complexity index is 1680. The van der Waals surface area contributed by atoms with Gasteiger partial charge < -0.3 is 9.22 Å². The third-order valence-electron chi connectivity index (χ3n) is 8.70. The number of rotatable bonds is 10. The van der Waals surface area contributed by atoms with Gasteiger partial charge >= 0.3 is 6.09 Å². The fraction of sp³-hybridized carbons (Fsp3) is 0.297. The van der Waals surface area contributed by atoms with Gasteiger partial charge in [-0.05, 0) is 48.7 Å². The molecule has 236 valence electrons. The van der Waals surface area contributed by atoms with Crippen LogP contribution in [0.4, 0.5) is 10.5 Å². The zero-order valence-corrected chi connectivity index (χ0v) is 26.4. The van der Waals surface area contributed by atoms with Gasteiger partial charge in [-0.3, -0.25) is 29.7 Å². The summed E-state index contributed by atoms with van der Waals surface area (Å²) in [6.45, 7) is 4.00. The molecule has 2 aliphatic heterocycles. The van der Waals surface area contributed by atoms with Crippen molar-refractivity contribution in [2.24, 2.45) is 0 Å². The quantitative estimate of drug-likeness (QED) is 0.178. The highest BCUT2D eigenvalue weighted by Crippen LogP contribution is 2.28. The number of quaternary nitrogens is 1. The molecule has 0 radical (unpaired) electrons. The number of pyridine rings is 1. The van der Waals surface area contributed by atoms with Crippen LogP contribution < -0.4 is 5.32 Å². The molecule has 0 saturated carbocycles. The molecule has 1 aromatic heterocycles. The van der Waals surface area contributed by atoms with Crippen LogP contribution in [0, 0.1) is 0 Å². The molecule has 1 fully saturated rings. The number of likely N-dealkylation sites (tertiary alicyclic amines) is 1.